The summed E-state index contributed by atoms with van der Waals surface area (Å²) in [5.74, 6) is 0.735. The number of carbonyl (C=O) groups excluding carboxylic acids is 1. The van der Waals surface area contributed by atoms with Gasteiger partial charge < -0.3 is 10.0 Å². The Balaban J connectivity index is 1.79. The number of nitrogens with zero attached hydrogens (tertiary/aromatic N) is 1. The summed E-state index contributed by atoms with van der Waals surface area (Å²) < 4.78 is 0. The predicted octanol–water partition coefficient (Wildman–Crippen LogP) is 3.18. The van der Waals surface area contributed by atoms with Crippen LogP contribution in [0.25, 0.3) is 0 Å². The number of aliphatic hydroxyl groups excluding tert-OH is 1. The van der Waals surface area contributed by atoms with Gasteiger partial charge in [-0.3, -0.25) is 4.79 Å². The van der Waals surface area contributed by atoms with E-state index < -0.39 is 0 Å². The minimum atomic E-state index is -0.252. The highest BCUT2D eigenvalue weighted by molar-refractivity contribution is 7.10. The molecule has 1 saturated carbocycles. The van der Waals surface area contributed by atoms with Crippen molar-refractivity contribution < 1.29 is 9.90 Å². The summed E-state index contributed by atoms with van der Waals surface area (Å²) in [4.78, 5) is 16.6. The molecule has 3 rings (SSSR count). The molecule has 0 atom stereocenters. The molecule has 21 heavy (non-hydrogen) atoms. The fraction of sp³-hybridized carbons (Fsp3) is 0.706. The first-order valence-corrected chi connectivity index (χ1v) is 9.08. The molecule has 1 N–H and O–H groups in total. The zero-order valence-electron chi connectivity index (χ0n) is 12.6. The molecule has 116 valence electrons. The number of piperidine rings is 1. The molecule has 0 unspecified atom stereocenters. The van der Waals surface area contributed by atoms with Crippen LogP contribution in [0.5, 0.6) is 0 Å². The van der Waals surface area contributed by atoms with Crippen molar-refractivity contribution >= 4 is 17.2 Å². The van der Waals surface area contributed by atoms with Gasteiger partial charge in [0.05, 0.1) is 5.41 Å². The number of carbonyl (C=O) groups is 1. The lowest BCUT2D eigenvalue weighted by Crippen LogP contribution is -2.50. The fourth-order valence-electron chi connectivity index (χ4n) is 3.89. The van der Waals surface area contributed by atoms with Crippen molar-refractivity contribution in [2.75, 3.05) is 19.7 Å². The molecule has 2 heterocycles. The van der Waals surface area contributed by atoms with Crippen LogP contribution >= 0.6 is 11.3 Å². The number of aliphatic hydroxyl groups is 1. The minimum Gasteiger partial charge on any atom is -0.396 e. The SMILES string of the molecule is O=C(N1CCC(CO)CC1)C1(c2cccs2)CCCCC1. The Morgan fingerprint density at radius 3 is 2.57 bits per heavy atom. The van der Waals surface area contributed by atoms with Gasteiger partial charge in [-0.1, -0.05) is 25.3 Å². The first-order chi connectivity index (χ1) is 10.3. The Morgan fingerprint density at radius 2 is 2.00 bits per heavy atom. The second-order valence-electron chi connectivity index (χ2n) is 6.54. The summed E-state index contributed by atoms with van der Waals surface area (Å²) in [6.07, 6.45) is 7.49. The summed E-state index contributed by atoms with van der Waals surface area (Å²) in [6, 6.07) is 4.22. The van der Waals surface area contributed by atoms with Gasteiger partial charge in [-0.25, -0.2) is 0 Å². The van der Waals surface area contributed by atoms with E-state index in [1.165, 1.54) is 11.3 Å². The van der Waals surface area contributed by atoms with Crippen LogP contribution in [-0.2, 0) is 10.2 Å². The Labute approximate surface area is 131 Å². The van der Waals surface area contributed by atoms with Crippen LogP contribution in [0.15, 0.2) is 17.5 Å². The van der Waals surface area contributed by atoms with Gasteiger partial charge in [-0.05, 0) is 43.0 Å². The molecule has 2 aliphatic rings. The lowest BCUT2D eigenvalue weighted by molar-refractivity contribution is -0.140. The van der Waals surface area contributed by atoms with Crippen molar-refractivity contribution in [2.24, 2.45) is 5.92 Å². The van der Waals surface area contributed by atoms with E-state index in [1.807, 2.05) is 0 Å². The molecule has 1 aliphatic carbocycles. The average molecular weight is 307 g/mol. The van der Waals surface area contributed by atoms with Gasteiger partial charge in [0, 0.05) is 24.6 Å². The van der Waals surface area contributed by atoms with E-state index in [0.29, 0.717) is 11.8 Å². The molecular formula is C17H25NO2S. The van der Waals surface area contributed by atoms with Gasteiger partial charge in [0.25, 0.3) is 0 Å². The second-order valence-corrected chi connectivity index (χ2v) is 7.49. The van der Waals surface area contributed by atoms with Crippen molar-refractivity contribution in [3.05, 3.63) is 22.4 Å². The Kier molecular flexibility index (Phi) is 4.65. The summed E-state index contributed by atoms with van der Waals surface area (Å²) >= 11 is 1.74. The van der Waals surface area contributed by atoms with Gasteiger partial charge in [0.15, 0.2) is 0 Å². The molecule has 1 aromatic rings. The van der Waals surface area contributed by atoms with E-state index in [-0.39, 0.29) is 12.0 Å². The monoisotopic (exact) mass is 307 g/mol. The highest BCUT2D eigenvalue weighted by atomic mass is 32.1. The molecule has 1 aliphatic heterocycles. The van der Waals surface area contributed by atoms with Crippen molar-refractivity contribution in [3.8, 4) is 0 Å². The van der Waals surface area contributed by atoms with E-state index in [9.17, 15) is 9.90 Å². The maximum atomic E-state index is 13.2. The molecule has 1 saturated heterocycles. The maximum absolute atomic E-state index is 13.2. The smallest absolute Gasteiger partial charge is 0.234 e. The topological polar surface area (TPSA) is 40.5 Å². The Bertz CT molecular complexity index is 457. The van der Waals surface area contributed by atoms with E-state index in [4.69, 9.17) is 0 Å². The van der Waals surface area contributed by atoms with E-state index in [1.54, 1.807) is 11.3 Å². The molecular weight excluding hydrogens is 282 g/mol. The molecule has 0 spiro atoms. The lowest BCUT2D eigenvalue weighted by Gasteiger charge is -2.41. The van der Waals surface area contributed by atoms with Crippen molar-refractivity contribution in [1.82, 2.24) is 4.90 Å². The zero-order chi connectivity index (χ0) is 14.7. The van der Waals surface area contributed by atoms with E-state index in [0.717, 1.165) is 51.6 Å². The summed E-state index contributed by atoms with van der Waals surface area (Å²) in [5.41, 5.74) is -0.252. The lowest BCUT2D eigenvalue weighted by atomic mass is 9.71. The summed E-state index contributed by atoms with van der Waals surface area (Å²) in [7, 11) is 0. The third kappa shape index (κ3) is 2.88. The fourth-order valence-corrected chi connectivity index (χ4v) is 4.87. The first-order valence-electron chi connectivity index (χ1n) is 8.20. The third-order valence-corrected chi connectivity index (χ3v) is 6.34. The van der Waals surface area contributed by atoms with Crippen LogP contribution in [0.1, 0.15) is 49.8 Å². The number of thiophene rings is 1. The number of rotatable bonds is 3. The standard InChI is InChI=1S/C17H25NO2S/c19-13-14-6-10-18(11-7-14)16(20)17(8-2-1-3-9-17)15-5-4-12-21-15/h4-5,12,14,19H,1-3,6-11,13H2. The van der Waals surface area contributed by atoms with Crippen LogP contribution in [0.2, 0.25) is 0 Å². The van der Waals surface area contributed by atoms with E-state index in [2.05, 4.69) is 22.4 Å². The van der Waals surface area contributed by atoms with Crippen LogP contribution in [-0.4, -0.2) is 35.6 Å². The molecule has 0 aromatic carbocycles. The number of hydrogen-bond donors (Lipinski definition) is 1. The summed E-state index contributed by atoms with van der Waals surface area (Å²) in [5, 5.41) is 11.4. The minimum absolute atomic E-state index is 0.252. The van der Waals surface area contributed by atoms with Gasteiger partial charge in [-0.15, -0.1) is 11.3 Å². The highest BCUT2D eigenvalue weighted by Gasteiger charge is 2.44. The van der Waals surface area contributed by atoms with Gasteiger partial charge in [0.2, 0.25) is 5.91 Å². The third-order valence-electron chi connectivity index (χ3n) is 5.27. The van der Waals surface area contributed by atoms with Crippen molar-refractivity contribution in [1.29, 1.82) is 0 Å². The zero-order valence-corrected chi connectivity index (χ0v) is 13.4. The summed E-state index contributed by atoms with van der Waals surface area (Å²) in [6.45, 7) is 1.90. The maximum Gasteiger partial charge on any atom is 0.234 e. The molecule has 0 bridgehead atoms. The molecule has 2 fully saturated rings. The molecule has 3 nitrogen and oxygen atoms in total. The van der Waals surface area contributed by atoms with Gasteiger partial charge in [0.1, 0.15) is 0 Å². The molecule has 0 radical (unpaired) electrons. The quantitative estimate of drug-likeness (QED) is 0.931. The molecule has 4 heteroatoms. The Hall–Kier alpha value is -0.870. The largest absolute Gasteiger partial charge is 0.396 e. The van der Waals surface area contributed by atoms with Crippen LogP contribution in [0, 0.1) is 5.92 Å². The highest BCUT2D eigenvalue weighted by Crippen LogP contribution is 2.43. The van der Waals surface area contributed by atoms with Crippen LogP contribution in [0.3, 0.4) is 0 Å². The number of amides is 1. The van der Waals surface area contributed by atoms with Crippen LogP contribution in [0.4, 0.5) is 0 Å². The van der Waals surface area contributed by atoms with Gasteiger partial charge in [-0.2, -0.15) is 0 Å². The Morgan fingerprint density at radius 1 is 1.29 bits per heavy atom. The average Bonchev–Trinajstić information content (AvgIpc) is 3.10. The normalized spacial score (nSPS) is 23.2. The van der Waals surface area contributed by atoms with Crippen molar-refractivity contribution in [3.63, 3.8) is 0 Å². The van der Waals surface area contributed by atoms with Crippen molar-refractivity contribution in [2.45, 2.75) is 50.4 Å². The van der Waals surface area contributed by atoms with E-state index >= 15 is 0 Å². The molecule has 1 amide bonds. The molecule has 1 aromatic heterocycles. The first kappa shape index (κ1) is 15.0. The second kappa shape index (κ2) is 6.49. The number of likely N-dealkylation sites (tertiary alicyclic amines) is 1. The van der Waals surface area contributed by atoms with Gasteiger partial charge >= 0.3 is 0 Å². The number of hydrogen-bond acceptors (Lipinski definition) is 3. The predicted molar refractivity (Wildman–Crippen MR) is 85.5 cm³/mol. The van der Waals surface area contributed by atoms with Crippen LogP contribution < -0.4 is 0 Å².